The Kier molecular flexibility index (Phi) is 3.91. The van der Waals surface area contributed by atoms with Gasteiger partial charge in [0.2, 0.25) is 0 Å². The van der Waals surface area contributed by atoms with Crippen LogP contribution in [-0.4, -0.2) is 5.78 Å². The maximum absolute atomic E-state index is 13.2. The minimum atomic E-state index is -0.0354. The summed E-state index contributed by atoms with van der Waals surface area (Å²) in [6.07, 6.45) is 0. The Morgan fingerprint density at radius 3 is 1.75 bits per heavy atom. The molecule has 0 spiro atoms. The third kappa shape index (κ3) is 2.51. The van der Waals surface area contributed by atoms with Crippen molar-refractivity contribution in [3.63, 3.8) is 0 Å². The summed E-state index contributed by atoms with van der Waals surface area (Å²) in [5.74, 6) is 0.268. The number of hydrogen-bond acceptors (Lipinski definition) is 1. The fourth-order valence-electron chi connectivity index (χ4n) is 4.51. The van der Waals surface area contributed by atoms with Crippen molar-refractivity contribution in [3.8, 4) is 11.1 Å². The van der Waals surface area contributed by atoms with Crippen molar-refractivity contribution in [2.24, 2.45) is 5.92 Å². The lowest BCUT2D eigenvalue weighted by atomic mass is 9.82. The largest absolute Gasteiger partial charge is 0.294 e. The van der Waals surface area contributed by atoms with E-state index in [4.69, 9.17) is 0 Å². The van der Waals surface area contributed by atoms with Crippen molar-refractivity contribution in [2.75, 3.05) is 0 Å². The lowest BCUT2D eigenvalue weighted by molar-refractivity contribution is 0.0938. The third-order valence-electron chi connectivity index (χ3n) is 5.85. The molecule has 0 bridgehead atoms. The van der Waals surface area contributed by atoms with Gasteiger partial charge in [-0.15, -0.1) is 0 Å². The summed E-state index contributed by atoms with van der Waals surface area (Å²) in [5.41, 5.74) is 7.10. The van der Waals surface area contributed by atoms with Gasteiger partial charge in [0.25, 0.3) is 0 Å². The molecule has 28 heavy (non-hydrogen) atoms. The summed E-state index contributed by atoms with van der Waals surface area (Å²) in [5, 5.41) is 2.30. The number of carbonyl (C=O) groups is 1. The molecule has 4 aromatic rings. The summed E-state index contributed by atoms with van der Waals surface area (Å²) in [6.45, 7) is 3.97. The van der Waals surface area contributed by atoms with E-state index in [1.807, 2.05) is 19.9 Å². The molecule has 0 heterocycles. The Bertz CT molecular complexity index is 1170. The van der Waals surface area contributed by atoms with E-state index in [9.17, 15) is 4.79 Å². The average Bonchev–Trinajstić information content (AvgIpc) is 3.06. The first-order chi connectivity index (χ1) is 13.6. The molecule has 0 aliphatic heterocycles. The molecule has 0 N–H and O–H groups in total. The molecule has 1 nitrogen and oxygen atoms in total. The van der Waals surface area contributed by atoms with E-state index in [-0.39, 0.29) is 17.6 Å². The van der Waals surface area contributed by atoms with Gasteiger partial charge in [0.1, 0.15) is 0 Å². The number of fused-ring (bicyclic) bond motifs is 4. The maximum Gasteiger partial charge on any atom is 0.165 e. The Morgan fingerprint density at radius 1 is 0.679 bits per heavy atom. The highest BCUT2D eigenvalue weighted by atomic mass is 16.1. The highest BCUT2D eigenvalue weighted by Crippen LogP contribution is 2.49. The number of benzene rings is 4. The molecule has 0 saturated heterocycles. The average molecular weight is 362 g/mol. The van der Waals surface area contributed by atoms with Crippen LogP contribution in [0, 0.1) is 5.92 Å². The zero-order valence-electron chi connectivity index (χ0n) is 16.1. The topological polar surface area (TPSA) is 17.1 Å². The van der Waals surface area contributed by atoms with E-state index >= 15 is 0 Å². The van der Waals surface area contributed by atoms with Crippen molar-refractivity contribution < 1.29 is 4.79 Å². The van der Waals surface area contributed by atoms with Crippen LogP contribution in [-0.2, 0) is 0 Å². The lowest BCUT2D eigenvalue weighted by Gasteiger charge is -2.20. The van der Waals surface area contributed by atoms with Crippen LogP contribution >= 0.6 is 0 Å². The SMILES string of the molecule is CC(C)C(=O)c1cc2ccccc2cc1C1c2ccccc2-c2ccccc21. The van der Waals surface area contributed by atoms with Gasteiger partial charge < -0.3 is 0 Å². The Labute approximate surface area is 165 Å². The van der Waals surface area contributed by atoms with Crippen molar-refractivity contribution >= 4 is 16.6 Å². The van der Waals surface area contributed by atoms with Crippen LogP contribution in [0.15, 0.2) is 84.9 Å². The number of rotatable bonds is 3. The second kappa shape index (κ2) is 6.45. The van der Waals surface area contributed by atoms with Crippen LogP contribution in [0.2, 0.25) is 0 Å². The van der Waals surface area contributed by atoms with Crippen LogP contribution in [0.3, 0.4) is 0 Å². The van der Waals surface area contributed by atoms with Gasteiger partial charge in [0.05, 0.1) is 0 Å². The van der Waals surface area contributed by atoms with E-state index in [1.54, 1.807) is 0 Å². The Morgan fingerprint density at radius 2 is 1.18 bits per heavy atom. The molecule has 5 rings (SSSR count). The summed E-state index contributed by atoms with van der Waals surface area (Å²) >= 11 is 0. The quantitative estimate of drug-likeness (QED) is 0.321. The molecule has 0 radical (unpaired) electrons. The van der Waals surface area contributed by atoms with Crippen LogP contribution in [0.4, 0.5) is 0 Å². The summed E-state index contributed by atoms with van der Waals surface area (Å²) in [4.78, 5) is 13.2. The minimum absolute atomic E-state index is 0.0354. The van der Waals surface area contributed by atoms with Gasteiger partial charge in [-0.05, 0) is 50.7 Å². The molecule has 1 aliphatic carbocycles. The smallest absolute Gasteiger partial charge is 0.165 e. The van der Waals surface area contributed by atoms with Crippen molar-refractivity contribution in [2.45, 2.75) is 19.8 Å². The number of Topliss-reactive ketones (excluding diaryl/α,β-unsaturated/α-hetero) is 1. The van der Waals surface area contributed by atoms with Gasteiger partial charge in [0, 0.05) is 17.4 Å². The van der Waals surface area contributed by atoms with Crippen LogP contribution < -0.4 is 0 Å². The van der Waals surface area contributed by atoms with E-state index in [1.165, 1.54) is 27.6 Å². The van der Waals surface area contributed by atoms with E-state index < -0.39 is 0 Å². The van der Waals surface area contributed by atoms with E-state index in [2.05, 4.69) is 78.9 Å². The molecule has 4 aromatic carbocycles. The normalized spacial score (nSPS) is 13.0. The monoisotopic (exact) mass is 362 g/mol. The van der Waals surface area contributed by atoms with E-state index in [0.29, 0.717) is 0 Å². The zero-order chi connectivity index (χ0) is 19.3. The highest BCUT2D eigenvalue weighted by Gasteiger charge is 2.32. The third-order valence-corrected chi connectivity index (χ3v) is 5.85. The molecule has 0 fully saturated rings. The Hall–Kier alpha value is -3.19. The van der Waals surface area contributed by atoms with Crippen molar-refractivity contribution in [1.29, 1.82) is 0 Å². The molecular weight excluding hydrogens is 340 g/mol. The fourth-order valence-corrected chi connectivity index (χ4v) is 4.51. The molecule has 0 amide bonds. The number of ketones is 1. The zero-order valence-corrected chi connectivity index (χ0v) is 16.1. The predicted molar refractivity (Wildman–Crippen MR) is 116 cm³/mol. The molecule has 0 aromatic heterocycles. The molecule has 0 saturated carbocycles. The van der Waals surface area contributed by atoms with Crippen LogP contribution in [0.25, 0.3) is 21.9 Å². The van der Waals surface area contributed by atoms with Crippen molar-refractivity contribution in [3.05, 3.63) is 107 Å². The van der Waals surface area contributed by atoms with Gasteiger partial charge in [0.15, 0.2) is 5.78 Å². The second-order valence-corrected chi connectivity index (χ2v) is 7.91. The predicted octanol–water partition coefficient (Wildman–Crippen LogP) is 6.84. The summed E-state index contributed by atoms with van der Waals surface area (Å²) < 4.78 is 0. The molecule has 0 atom stereocenters. The molecule has 0 unspecified atom stereocenters. The molecular formula is C27H22O. The first-order valence-electron chi connectivity index (χ1n) is 9.90. The number of carbonyl (C=O) groups excluding carboxylic acids is 1. The fraction of sp³-hybridized carbons (Fsp3) is 0.148. The van der Waals surface area contributed by atoms with Gasteiger partial charge in [-0.2, -0.15) is 0 Å². The molecule has 1 aliphatic rings. The molecule has 1 heteroatoms. The number of hydrogen-bond donors (Lipinski definition) is 0. The Balaban J connectivity index is 1.84. The summed E-state index contributed by atoms with van der Waals surface area (Å²) in [7, 11) is 0. The highest BCUT2D eigenvalue weighted by molar-refractivity contribution is 6.03. The van der Waals surface area contributed by atoms with Crippen LogP contribution in [0.5, 0.6) is 0 Å². The van der Waals surface area contributed by atoms with Gasteiger partial charge in [-0.25, -0.2) is 0 Å². The first kappa shape index (κ1) is 16.9. The van der Waals surface area contributed by atoms with Gasteiger partial charge in [-0.3, -0.25) is 4.79 Å². The summed E-state index contributed by atoms with van der Waals surface area (Å²) in [6, 6.07) is 29.8. The molecule has 136 valence electrons. The van der Waals surface area contributed by atoms with Crippen LogP contribution in [0.1, 0.15) is 46.8 Å². The van der Waals surface area contributed by atoms with Crippen molar-refractivity contribution in [1.82, 2.24) is 0 Å². The second-order valence-electron chi connectivity index (χ2n) is 7.91. The van der Waals surface area contributed by atoms with Gasteiger partial charge in [-0.1, -0.05) is 86.6 Å². The standard InChI is InChI=1S/C27H22O/c1-17(2)27(28)25-16-19-10-4-3-9-18(19)15-24(25)26-22-13-7-5-11-20(22)21-12-6-8-14-23(21)26/h3-17,26H,1-2H3. The van der Waals surface area contributed by atoms with Gasteiger partial charge >= 0.3 is 0 Å². The van der Waals surface area contributed by atoms with E-state index in [0.717, 1.165) is 16.5 Å². The lowest BCUT2D eigenvalue weighted by Crippen LogP contribution is -2.13. The maximum atomic E-state index is 13.2. The first-order valence-corrected chi connectivity index (χ1v) is 9.90. The minimum Gasteiger partial charge on any atom is -0.294 e.